The van der Waals surface area contributed by atoms with E-state index < -0.39 is 22.7 Å². The van der Waals surface area contributed by atoms with Crippen LogP contribution in [0.4, 0.5) is 0 Å². The lowest BCUT2D eigenvalue weighted by Crippen LogP contribution is -2.27. The number of sulfonamides is 1. The van der Waals surface area contributed by atoms with Gasteiger partial charge in [0.25, 0.3) is 0 Å². The predicted octanol–water partition coefficient (Wildman–Crippen LogP) is 0.0870. The van der Waals surface area contributed by atoms with Crippen molar-refractivity contribution in [3.63, 3.8) is 0 Å². The molecular formula is C8H10BrN5O4S. The first-order valence-corrected chi connectivity index (χ1v) is 7.36. The topological polar surface area (TPSA) is 134 Å². The molecule has 0 saturated heterocycles. The number of furan rings is 1. The molecule has 0 bridgehead atoms. The molecule has 2 aromatic heterocycles. The number of rotatable bonds is 5. The van der Waals surface area contributed by atoms with Gasteiger partial charge in [0.15, 0.2) is 10.5 Å². The molecule has 0 aliphatic carbocycles. The number of nitrogens with zero attached hydrogens (tertiary/aromatic N) is 3. The summed E-state index contributed by atoms with van der Waals surface area (Å²) >= 11 is 2.99. The maximum absolute atomic E-state index is 12.1. The monoisotopic (exact) mass is 351 g/mol. The van der Waals surface area contributed by atoms with E-state index in [9.17, 15) is 8.42 Å². The molecule has 2 heterocycles. The van der Waals surface area contributed by atoms with Gasteiger partial charge < -0.3 is 9.52 Å². The fraction of sp³-hybridized carbons (Fsp3) is 0.375. The maximum Gasteiger partial charge on any atom is 0.245 e. The highest BCUT2D eigenvalue weighted by molar-refractivity contribution is 9.10. The van der Waals surface area contributed by atoms with Crippen LogP contribution in [0, 0.1) is 0 Å². The van der Waals surface area contributed by atoms with Crippen molar-refractivity contribution in [1.82, 2.24) is 25.3 Å². The summed E-state index contributed by atoms with van der Waals surface area (Å²) in [4.78, 5) is -0.105. The molecule has 0 amide bonds. The van der Waals surface area contributed by atoms with E-state index in [1.807, 2.05) is 0 Å². The lowest BCUT2D eigenvalue weighted by molar-refractivity contribution is 0.245. The second kappa shape index (κ2) is 5.36. The molecule has 3 N–H and O–H groups in total. The van der Waals surface area contributed by atoms with Crippen LogP contribution in [0.25, 0.3) is 0 Å². The number of H-pyrrole nitrogens is 1. The second-order valence-electron chi connectivity index (χ2n) is 3.62. The molecule has 0 spiro atoms. The van der Waals surface area contributed by atoms with Gasteiger partial charge in [-0.25, -0.2) is 13.1 Å². The zero-order valence-corrected chi connectivity index (χ0v) is 12.1. The van der Waals surface area contributed by atoms with E-state index in [0.717, 1.165) is 0 Å². The molecule has 0 aliphatic rings. The first kappa shape index (κ1) is 14.1. The van der Waals surface area contributed by atoms with Crippen molar-refractivity contribution in [2.45, 2.75) is 24.5 Å². The molecule has 1 unspecified atom stereocenters. The molecule has 0 radical (unpaired) electrons. The van der Waals surface area contributed by atoms with E-state index in [-0.39, 0.29) is 21.1 Å². The Bertz CT molecular complexity index is 653. The number of halogens is 1. The van der Waals surface area contributed by atoms with Crippen molar-refractivity contribution < 1.29 is 17.9 Å². The number of tetrazole rings is 1. The summed E-state index contributed by atoms with van der Waals surface area (Å²) in [5, 5.41) is 21.9. The van der Waals surface area contributed by atoms with E-state index >= 15 is 0 Å². The van der Waals surface area contributed by atoms with Crippen LogP contribution in [0.1, 0.15) is 24.6 Å². The molecule has 2 aromatic rings. The van der Waals surface area contributed by atoms with E-state index in [4.69, 9.17) is 9.52 Å². The Hall–Kier alpha value is -1.30. The Morgan fingerprint density at radius 3 is 2.89 bits per heavy atom. The van der Waals surface area contributed by atoms with Crippen LogP contribution >= 0.6 is 15.9 Å². The van der Waals surface area contributed by atoms with E-state index in [0.29, 0.717) is 0 Å². The molecule has 0 saturated carbocycles. The van der Waals surface area contributed by atoms with Crippen LogP contribution in [0.3, 0.4) is 0 Å². The average Bonchev–Trinajstić information content (AvgIpc) is 2.96. The molecule has 0 fully saturated rings. The van der Waals surface area contributed by atoms with Gasteiger partial charge in [0.05, 0.1) is 6.04 Å². The van der Waals surface area contributed by atoms with Crippen molar-refractivity contribution in [2.75, 3.05) is 0 Å². The summed E-state index contributed by atoms with van der Waals surface area (Å²) in [6, 6.07) is 0.568. The number of hydrogen-bond donors (Lipinski definition) is 3. The average molecular weight is 352 g/mol. The molecule has 0 aromatic carbocycles. The molecule has 9 nitrogen and oxygen atoms in total. The smallest absolute Gasteiger partial charge is 0.245 e. The highest BCUT2D eigenvalue weighted by Gasteiger charge is 2.26. The van der Waals surface area contributed by atoms with Crippen LogP contribution < -0.4 is 4.72 Å². The normalized spacial score (nSPS) is 13.6. The quantitative estimate of drug-likeness (QED) is 0.694. The van der Waals surface area contributed by atoms with Crippen molar-refractivity contribution in [3.05, 3.63) is 22.3 Å². The zero-order valence-electron chi connectivity index (χ0n) is 9.66. The van der Waals surface area contributed by atoms with E-state index in [1.54, 1.807) is 6.92 Å². The second-order valence-corrected chi connectivity index (χ2v) is 6.02. The number of aromatic nitrogens is 4. The van der Waals surface area contributed by atoms with E-state index in [1.165, 1.54) is 6.07 Å². The van der Waals surface area contributed by atoms with Gasteiger partial charge in [-0.2, -0.15) is 5.21 Å². The first-order chi connectivity index (χ1) is 8.94. The Morgan fingerprint density at radius 1 is 1.63 bits per heavy atom. The van der Waals surface area contributed by atoms with Crippen molar-refractivity contribution in [3.8, 4) is 0 Å². The molecule has 2 rings (SSSR count). The van der Waals surface area contributed by atoms with Crippen LogP contribution in [-0.4, -0.2) is 34.1 Å². The summed E-state index contributed by atoms with van der Waals surface area (Å²) in [5.74, 6) is 0.352. The molecule has 0 aliphatic heterocycles. The number of aliphatic hydroxyl groups is 1. The minimum absolute atomic E-state index is 0.0179. The van der Waals surface area contributed by atoms with Crippen LogP contribution in [0.15, 0.2) is 20.0 Å². The fourth-order valence-electron chi connectivity index (χ4n) is 1.36. The Kier molecular flexibility index (Phi) is 3.99. The third-order valence-electron chi connectivity index (χ3n) is 2.23. The lowest BCUT2D eigenvalue weighted by Gasteiger charge is -2.09. The van der Waals surface area contributed by atoms with Crippen LogP contribution in [0.5, 0.6) is 0 Å². The first-order valence-electron chi connectivity index (χ1n) is 5.09. The van der Waals surface area contributed by atoms with Crippen molar-refractivity contribution in [2.24, 2.45) is 0 Å². The minimum Gasteiger partial charge on any atom is -0.450 e. The fourth-order valence-corrected chi connectivity index (χ4v) is 3.56. The molecule has 11 heteroatoms. The summed E-state index contributed by atoms with van der Waals surface area (Å²) in [6.45, 7) is 1.18. The standard InChI is InChI=1S/C8H10BrN5O4S/c1-4(8-10-13-14-11-8)12-19(16,17)6-2-5(3-15)18-7(6)9/h2,4,12,15H,3H2,1H3,(H,10,11,13,14). The van der Waals surface area contributed by atoms with Gasteiger partial charge in [0.2, 0.25) is 10.0 Å². The highest BCUT2D eigenvalue weighted by atomic mass is 79.9. The zero-order chi connectivity index (χ0) is 14.0. The third kappa shape index (κ3) is 3.00. The molecular weight excluding hydrogens is 342 g/mol. The Morgan fingerprint density at radius 2 is 2.37 bits per heavy atom. The lowest BCUT2D eigenvalue weighted by atomic mass is 10.4. The van der Waals surface area contributed by atoms with Crippen LogP contribution in [0.2, 0.25) is 0 Å². The van der Waals surface area contributed by atoms with Gasteiger partial charge in [-0.3, -0.25) is 0 Å². The number of hydrogen-bond acceptors (Lipinski definition) is 7. The number of aliphatic hydroxyl groups excluding tert-OH is 1. The molecule has 104 valence electrons. The summed E-state index contributed by atoms with van der Waals surface area (Å²) < 4.78 is 31.6. The van der Waals surface area contributed by atoms with Crippen molar-refractivity contribution >= 4 is 26.0 Å². The van der Waals surface area contributed by atoms with Gasteiger partial charge in [0.1, 0.15) is 17.3 Å². The van der Waals surface area contributed by atoms with Gasteiger partial charge in [-0.1, -0.05) is 5.21 Å². The predicted molar refractivity (Wildman–Crippen MR) is 65.2 cm³/mol. The van der Waals surface area contributed by atoms with Crippen LogP contribution in [-0.2, 0) is 16.6 Å². The number of aromatic amines is 1. The third-order valence-corrected chi connectivity index (χ3v) is 4.63. The summed E-state index contributed by atoms with van der Waals surface area (Å²) in [5.41, 5.74) is 0. The number of nitrogens with one attached hydrogen (secondary N) is 2. The largest absolute Gasteiger partial charge is 0.450 e. The molecule has 1 atom stereocenters. The van der Waals surface area contributed by atoms with Crippen molar-refractivity contribution in [1.29, 1.82) is 0 Å². The summed E-state index contributed by atoms with van der Waals surface area (Å²) in [6.07, 6.45) is 0. The SMILES string of the molecule is CC(NS(=O)(=O)c1cc(CO)oc1Br)c1nn[nH]n1. The molecule has 19 heavy (non-hydrogen) atoms. The van der Waals surface area contributed by atoms with E-state index in [2.05, 4.69) is 41.3 Å². The minimum atomic E-state index is -3.83. The maximum atomic E-state index is 12.1. The Labute approximate surface area is 116 Å². The van der Waals surface area contributed by atoms with Gasteiger partial charge in [-0.05, 0) is 22.9 Å². The van der Waals surface area contributed by atoms with Gasteiger partial charge >= 0.3 is 0 Å². The van der Waals surface area contributed by atoms with Gasteiger partial charge in [0, 0.05) is 6.07 Å². The highest BCUT2D eigenvalue weighted by Crippen LogP contribution is 2.27. The van der Waals surface area contributed by atoms with Gasteiger partial charge in [-0.15, -0.1) is 10.2 Å². The Balaban J connectivity index is 2.25. The summed E-state index contributed by atoms with van der Waals surface area (Å²) in [7, 11) is -3.83.